The van der Waals surface area contributed by atoms with Crippen LogP contribution >= 0.6 is 0 Å². The first-order valence-electron chi connectivity index (χ1n) is 5.85. The summed E-state index contributed by atoms with van der Waals surface area (Å²) in [6.45, 7) is 0.161. The molecule has 0 atom stereocenters. The van der Waals surface area contributed by atoms with Gasteiger partial charge in [-0.15, -0.1) is 0 Å². The van der Waals surface area contributed by atoms with Crippen LogP contribution in [0.15, 0.2) is 42.5 Å². The Labute approximate surface area is 114 Å². The topological polar surface area (TPSA) is 81.6 Å². The van der Waals surface area contributed by atoms with Crippen molar-refractivity contribution in [3.05, 3.63) is 53.8 Å². The minimum Gasteiger partial charge on any atom is -0.508 e. The van der Waals surface area contributed by atoms with E-state index in [4.69, 9.17) is 0 Å². The lowest BCUT2D eigenvalue weighted by Crippen LogP contribution is -2.28. The van der Waals surface area contributed by atoms with Crippen LogP contribution in [0.5, 0.6) is 11.5 Å². The van der Waals surface area contributed by atoms with Crippen LogP contribution in [-0.2, 0) is 6.54 Å². The smallest absolute Gasteiger partial charge is 0.319 e. The molecule has 4 N–H and O–H groups in total. The SMILES string of the molecule is O=C(NCc1cccc(F)c1)Nc1cc(O)cc(O)c1. The number of phenols is 2. The lowest BCUT2D eigenvalue weighted by atomic mass is 10.2. The number of hydrogen-bond acceptors (Lipinski definition) is 3. The maximum Gasteiger partial charge on any atom is 0.319 e. The van der Waals surface area contributed by atoms with Crippen molar-refractivity contribution in [2.75, 3.05) is 5.32 Å². The average Bonchev–Trinajstić information content (AvgIpc) is 2.35. The molecule has 0 aliphatic rings. The zero-order valence-corrected chi connectivity index (χ0v) is 10.4. The van der Waals surface area contributed by atoms with Crippen molar-refractivity contribution >= 4 is 11.7 Å². The summed E-state index contributed by atoms with van der Waals surface area (Å²) in [5.74, 6) is -0.696. The third kappa shape index (κ3) is 3.88. The minimum atomic E-state index is -0.528. The van der Waals surface area contributed by atoms with Crippen LogP contribution in [0.1, 0.15) is 5.56 Å². The van der Waals surface area contributed by atoms with Crippen LogP contribution in [0, 0.1) is 5.82 Å². The van der Waals surface area contributed by atoms with Crippen molar-refractivity contribution in [1.82, 2.24) is 5.32 Å². The number of phenolic OH excluding ortho intramolecular Hbond substituents is 2. The Balaban J connectivity index is 1.92. The quantitative estimate of drug-likeness (QED) is 0.695. The number of nitrogens with one attached hydrogen (secondary N) is 2. The molecule has 0 aliphatic carbocycles. The molecular weight excluding hydrogens is 263 g/mol. The van der Waals surface area contributed by atoms with Gasteiger partial charge in [0.05, 0.1) is 0 Å². The molecule has 0 saturated carbocycles. The summed E-state index contributed by atoms with van der Waals surface area (Å²) in [5, 5.41) is 23.5. The Morgan fingerprint density at radius 2 is 1.80 bits per heavy atom. The number of amides is 2. The minimum absolute atomic E-state index is 0.161. The molecule has 0 aromatic heterocycles. The van der Waals surface area contributed by atoms with Gasteiger partial charge in [0.25, 0.3) is 0 Å². The molecule has 2 aromatic rings. The first kappa shape index (κ1) is 13.7. The Morgan fingerprint density at radius 3 is 2.45 bits per heavy atom. The van der Waals surface area contributed by atoms with Gasteiger partial charge in [-0.1, -0.05) is 12.1 Å². The number of benzene rings is 2. The van der Waals surface area contributed by atoms with Gasteiger partial charge in [0.2, 0.25) is 0 Å². The van der Waals surface area contributed by atoms with Gasteiger partial charge in [0, 0.05) is 30.4 Å². The molecule has 20 heavy (non-hydrogen) atoms. The normalized spacial score (nSPS) is 10.1. The van der Waals surface area contributed by atoms with Crippen molar-refractivity contribution in [2.45, 2.75) is 6.54 Å². The van der Waals surface area contributed by atoms with Gasteiger partial charge in [-0.3, -0.25) is 0 Å². The number of aromatic hydroxyl groups is 2. The molecule has 0 fully saturated rings. The predicted molar refractivity (Wildman–Crippen MR) is 72.0 cm³/mol. The van der Waals surface area contributed by atoms with Crippen molar-refractivity contribution in [3.63, 3.8) is 0 Å². The second-order valence-electron chi connectivity index (χ2n) is 4.18. The standard InChI is InChI=1S/C14H13FN2O3/c15-10-3-1-2-9(4-10)8-16-14(20)17-11-5-12(18)7-13(19)6-11/h1-7,18-19H,8H2,(H2,16,17,20). The van der Waals surface area contributed by atoms with E-state index in [0.717, 1.165) is 6.07 Å². The molecule has 2 rings (SSSR count). The van der Waals surface area contributed by atoms with E-state index in [-0.39, 0.29) is 29.5 Å². The van der Waals surface area contributed by atoms with Gasteiger partial charge in [0.1, 0.15) is 17.3 Å². The third-order valence-corrected chi connectivity index (χ3v) is 2.50. The van der Waals surface area contributed by atoms with E-state index >= 15 is 0 Å². The number of anilines is 1. The molecule has 2 aromatic carbocycles. The Kier molecular flexibility index (Phi) is 4.05. The van der Waals surface area contributed by atoms with Crippen LogP contribution < -0.4 is 10.6 Å². The van der Waals surface area contributed by atoms with Gasteiger partial charge >= 0.3 is 6.03 Å². The van der Waals surface area contributed by atoms with Gasteiger partial charge in [-0.05, 0) is 17.7 Å². The van der Waals surface area contributed by atoms with Crippen LogP contribution in [-0.4, -0.2) is 16.2 Å². The highest BCUT2D eigenvalue weighted by atomic mass is 19.1. The van der Waals surface area contributed by atoms with E-state index in [9.17, 15) is 19.4 Å². The fraction of sp³-hybridized carbons (Fsp3) is 0.0714. The molecular formula is C14H13FN2O3. The Bertz CT molecular complexity index is 611. The van der Waals surface area contributed by atoms with Gasteiger partial charge in [0.15, 0.2) is 0 Å². The van der Waals surface area contributed by atoms with Crippen molar-refractivity contribution in [2.24, 2.45) is 0 Å². The molecule has 6 heteroatoms. The summed E-state index contributed by atoms with van der Waals surface area (Å²) in [5.41, 5.74) is 0.873. The summed E-state index contributed by atoms with van der Waals surface area (Å²) in [4.78, 5) is 11.6. The fourth-order valence-corrected chi connectivity index (χ4v) is 1.67. The predicted octanol–water partition coefficient (Wildman–Crippen LogP) is 2.56. The number of carbonyl (C=O) groups excluding carboxylic acids is 1. The highest BCUT2D eigenvalue weighted by molar-refractivity contribution is 5.89. The Hall–Kier alpha value is -2.76. The number of hydrogen-bond donors (Lipinski definition) is 4. The highest BCUT2D eigenvalue weighted by Crippen LogP contribution is 2.23. The first-order valence-corrected chi connectivity index (χ1v) is 5.85. The number of carbonyl (C=O) groups is 1. The summed E-state index contributed by atoms with van der Waals surface area (Å²) >= 11 is 0. The third-order valence-electron chi connectivity index (χ3n) is 2.50. The largest absolute Gasteiger partial charge is 0.508 e. The molecule has 0 radical (unpaired) electrons. The zero-order chi connectivity index (χ0) is 14.5. The molecule has 104 valence electrons. The summed E-state index contributed by atoms with van der Waals surface area (Å²) < 4.78 is 12.9. The van der Waals surface area contributed by atoms with Gasteiger partial charge in [-0.25, -0.2) is 9.18 Å². The lowest BCUT2D eigenvalue weighted by molar-refractivity contribution is 0.251. The maximum atomic E-state index is 12.9. The van der Waals surface area contributed by atoms with Crippen LogP contribution in [0.25, 0.3) is 0 Å². The van der Waals surface area contributed by atoms with Crippen molar-refractivity contribution < 1.29 is 19.4 Å². The monoisotopic (exact) mass is 276 g/mol. The van der Waals surface area contributed by atoms with Gasteiger partial charge < -0.3 is 20.8 Å². The van der Waals surface area contributed by atoms with E-state index in [2.05, 4.69) is 10.6 Å². The van der Waals surface area contributed by atoms with E-state index < -0.39 is 6.03 Å². The van der Waals surface area contributed by atoms with Crippen LogP contribution in [0.3, 0.4) is 0 Å². The molecule has 5 nitrogen and oxygen atoms in total. The summed E-state index contributed by atoms with van der Waals surface area (Å²) in [6, 6.07) is 9.08. The molecule has 0 aliphatic heterocycles. The zero-order valence-electron chi connectivity index (χ0n) is 10.4. The summed E-state index contributed by atoms with van der Waals surface area (Å²) in [6.07, 6.45) is 0. The van der Waals surface area contributed by atoms with Crippen LogP contribution in [0.2, 0.25) is 0 Å². The second kappa shape index (κ2) is 5.92. The molecule has 0 unspecified atom stereocenters. The van der Waals surface area contributed by atoms with E-state index in [1.54, 1.807) is 12.1 Å². The number of urea groups is 1. The van der Waals surface area contributed by atoms with Crippen molar-refractivity contribution in [3.8, 4) is 11.5 Å². The fourth-order valence-electron chi connectivity index (χ4n) is 1.67. The number of halogens is 1. The van der Waals surface area contributed by atoms with Crippen LogP contribution in [0.4, 0.5) is 14.9 Å². The van der Waals surface area contributed by atoms with E-state index in [1.165, 1.54) is 24.3 Å². The molecule has 2 amide bonds. The lowest BCUT2D eigenvalue weighted by Gasteiger charge is -2.08. The van der Waals surface area contributed by atoms with Crippen molar-refractivity contribution in [1.29, 1.82) is 0 Å². The average molecular weight is 276 g/mol. The summed E-state index contributed by atoms with van der Waals surface area (Å²) in [7, 11) is 0. The second-order valence-corrected chi connectivity index (χ2v) is 4.18. The molecule has 0 spiro atoms. The molecule has 0 saturated heterocycles. The maximum absolute atomic E-state index is 12.9. The Morgan fingerprint density at radius 1 is 1.10 bits per heavy atom. The highest BCUT2D eigenvalue weighted by Gasteiger charge is 2.04. The molecule has 0 bridgehead atoms. The first-order chi connectivity index (χ1) is 9.52. The molecule has 0 heterocycles. The van der Waals surface area contributed by atoms with E-state index in [0.29, 0.717) is 5.56 Å². The number of rotatable bonds is 3. The van der Waals surface area contributed by atoms with E-state index in [1.807, 2.05) is 0 Å². The van der Waals surface area contributed by atoms with Gasteiger partial charge in [-0.2, -0.15) is 0 Å².